The van der Waals surface area contributed by atoms with Crippen LogP contribution in [0.15, 0.2) is 18.2 Å². The molecule has 1 aromatic carbocycles. The molecule has 0 aliphatic heterocycles. The molecule has 1 N–H and O–H groups in total. The summed E-state index contributed by atoms with van der Waals surface area (Å²) >= 11 is 0. The van der Waals surface area contributed by atoms with Gasteiger partial charge in [0.05, 0.1) is 6.61 Å². The lowest BCUT2D eigenvalue weighted by molar-refractivity contribution is 0.326. The van der Waals surface area contributed by atoms with Crippen molar-refractivity contribution in [3.05, 3.63) is 29.3 Å². The highest BCUT2D eigenvalue weighted by Crippen LogP contribution is 2.32. The van der Waals surface area contributed by atoms with Gasteiger partial charge in [0.15, 0.2) is 0 Å². The topological polar surface area (TPSA) is 21.3 Å². The van der Waals surface area contributed by atoms with Crippen molar-refractivity contribution in [2.75, 3.05) is 13.7 Å². The van der Waals surface area contributed by atoms with Gasteiger partial charge in [0.1, 0.15) is 5.75 Å². The van der Waals surface area contributed by atoms with E-state index in [-0.39, 0.29) is 0 Å². The molecule has 1 atom stereocenters. The number of ether oxygens (including phenoxy) is 1. The molecular weight excluding hydrogens is 210 g/mol. The van der Waals surface area contributed by atoms with E-state index in [2.05, 4.69) is 23.4 Å². The van der Waals surface area contributed by atoms with Gasteiger partial charge in [0.2, 0.25) is 0 Å². The van der Waals surface area contributed by atoms with Crippen LogP contribution in [0.2, 0.25) is 0 Å². The molecule has 1 aliphatic carbocycles. The smallest absolute Gasteiger partial charge is 0.119 e. The minimum absolute atomic E-state index is 0.468. The molecule has 0 spiro atoms. The first-order valence-corrected chi connectivity index (χ1v) is 6.21. The van der Waals surface area contributed by atoms with Crippen molar-refractivity contribution in [1.82, 2.24) is 5.32 Å². The third-order valence-corrected chi connectivity index (χ3v) is 3.30. The summed E-state index contributed by atoms with van der Waals surface area (Å²) in [5.74, 6) is 3.51. The first kappa shape index (κ1) is 12.0. The molecule has 0 heterocycles. The van der Waals surface area contributed by atoms with E-state index in [1.807, 2.05) is 13.1 Å². The Morgan fingerprint density at radius 2 is 2.41 bits per heavy atom. The standard InChI is InChI=1S/C15H19NO/c1-3-4-10-17-13-9-8-12-6-5-7-15(16-2)14(12)11-13/h1,8-9,11,15-16H,4-7,10H2,2H3. The summed E-state index contributed by atoms with van der Waals surface area (Å²) in [7, 11) is 2.02. The monoisotopic (exact) mass is 229 g/mol. The van der Waals surface area contributed by atoms with Gasteiger partial charge >= 0.3 is 0 Å². The Kier molecular flexibility index (Phi) is 4.06. The second-order valence-electron chi connectivity index (χ2n) is 4.40. The van der Waals surface area contributed by atoms with Gasteiger partial charge in [-0.2, -0.15) is 0 Å². The van der Waals surface area contributed by atoms with Gasteiger partial charge in [0.25, 0.3) is 0 Å². The molecule has 1 unspecified atom stereocenters. The Morgan fingerprint density at radius 1 is 1.53 bits per heavy atom. The minimum Gasteiger partial charge on any atom is -0.493 e. The number of nitrogens with one attached hydrogen (secondary N) is 1. The molecule has 2 heteroatoms. The zero-order valence-corrected chi connectivity index (χ0v) is 10.3. The van der Waals surface area contributed by atoms with E-state index in [9.17, 15) is 0 Å². The molecule has 0 saturated carbocycles. The lowest BCUT2D eigenvalue weighted by Gasteiger charge is -2.25. The van der Waals surface area contributed by atoms with Crippen molar-refractivity contribution >= 4 is 0 Å². The second-order valence-corrected chi connectivity index (χ2v) is 4.40. The van der Waals surface area contributed by atoms with Crippen molar-refractivity contribution in [2.45, 2.75) is 31.7 Å². The van der Waals surface area contributed by atoms with Crippen molar-refractivity contribution in [3.8, 4) is 18.1 Å². The third-order valence-electron chi connectivity index (χ3n) is 3.30. The van der Waals surface area contributed by atoms with Crippen LogP contribution in [0.3, 0.4) is 0 Å². The summed E-state index contributed by atoms with van der Waals surface area (Å²) < 4.78 is 5.64. The molecule has 1 aromatic rings. The van der Waals surface area contributed by atoms with Crippen molar-refractivity contribution in [2.24, 2.45) is 0 Å². The lowest BCUT2D eigenvalue weighted by Crippen LogP contribution is -2.21. The molecule has 0 aromatic heterocycles. The number of rotatable bonds is 4. The highest BCUT2D eigenvalue weighted by atomic mass is 16.5. The van der Waals surface area contributed by atoms with Crippen molar-refractivity contribution in [3.63, 3.8) is 0 Å². The van der Waals surface area contributed by atoms with Gasteiger partial charge in [-0.05, 0) is 49.6 Å². The van der Waals surface area contributed by atoms with Crippen molar-refractivity contribution < 1.29 is 4.74 Å². The Balaban J connectivity index is 2.14. The highest BCUT2D eigenvalue weighted by molar-refractivity contribution is 5.39. The molecular formula is C15H19NO. The number of hydrogen-bond donors (Lipinski definition) is 1. The van der Waals surface area contributed by atoms with Gasteiger partial charge in [-0.3, -0.25) is 0 Å². The van der Waals surface area contributed by atoms with Gasteiger partial charge in [0, 0.05) is 12.5 Å². The molecule has 17 heavy (non-hydrogen) atoms. The normalized spacial score (nSPS) is 18.2. The quantitative estimate of drug-likeness (QED) is 0.633. The Bertz CT molecular complexity index is 419. The fraction of sp³-hybridized carbons (Fsp3) is 0.467. The zero-order valence-electron chi connectivity index (χ0n) is 10.3. The first-order valence-electron chi connectivity index (χ1n) is 6.21. The van der Waals surface area contributed by atoms with E-state index >= 15 is 0 Å². The summed E-state index contributed by atoms with van der Waals surface area (Å²) in [6.45, 7) is 0.597. The summed E-state index contributed by atoms with van der Waals surface area (Å²) in [5, 5.41) is 3.37. The predicted molar refractivity (Wildman–Crippen MR) is 70.1 cm³/mol. The summed E-state index contributed by atoms with van der Waals surface area (Å²) in [4.78, 5) is 0. The molecule has 0 amide bonds. The average Bonchev–Trinajstić information content (AvgIpc) is 2.38. The van der Waals surface area contributed by atoms with Crippen LogP contribution in [0.4, 0.5) is 0 Å². The first-order chi connectivity index (χ1) is 8.35. The maximum Gasteiger partial charge on any atom is 0.119 e. The van der Waals surface area contributed by atoms with Crippen LogP contribution >= 0.6 is 0 Å². The van der Waals surface area contributed by atoms with E-state index in [0.717, 1.165) is 5.75 Å². The van der Waals surface area contributed by atoms with E-state index in [1.165, 1.54) is 30.4 Å². The summed E-state index contributed by atoms with van der Waals surface area (Å²) in [6, 6.07) is 6.86. The number of hydrogen-bond acceptors (Lipinski definition) is 2. The Morgan fingerprint density at radius 3 is 3.18 bits per heavy atom. The number of terminal acetylenes is 1. The number of aryl methyl sites for hydroxylation is 1. The van der Waals surface area contributed by atoms with Gasteiger partial charge in [-0.1, -0.05) is 6.07 Å². The fourth-order valence-electron chi connectivity index (χ4n) is 2.39. The van der Waals surface area contributed by atoms with E-state index in [4.69, 9.17) is 11.2 Å². The molecule has 0 saturated heterocycles. The van der Waals surface area contributed by atoms with E-state index in [1.54, 1.807) is 0 Å². The Labute approximate surface area is 103 Å². The molecule has 0 bridgehead atoms. The van der Waals surface area contributed by atoms with Crippen LogP contribution in [-0.4, -0.2) is 13.7 Å². The van der Waals surface area contributed by atoms with E-state index in [0.29, 0.717) is 19.1 Å². The van der Waals surface area contributed by atoms with Crippen LogP contribution in [0.1, 0.15) is 36.4 Å². The summed E-state index contributed by atoms with van der Waals surface area (Å²) in [5.41, 5.74) is 2.83. The molecule has 90 valence electrons. The fourth-order valence-corrected chi connectivity index (χ4v) is 2.39. The maximum absolute atomic E-state index is 5.64. The zero-order chi connectivity index (χ0) is 12.1. The largest absolute Gasteiger partial charge is 0.493 e. The Hall–Kier alpha value is -1.46. The van der Waals surface area contributed by atoms with Crippen LogP contribution in [0, 0.1) is 12.3 Å². The average molecular weight is 229 g/mol. The van der Waals surface area contributed by atoms with Gasteiger partial charge in [-0.25, -0.2) is 0 Å². The molecule has 1 aliphatic rings. The van der Waals surface area contributed by atoms with Crippen molar-refractivity contribution in [1.29, 1.82) is 0 Å². The summed E-state index contributed by atoms with van der Waals surface area (Å²) in [6.07, 6.45) is 9.51. The highest BCUT2D eigenvalue weighted by Gasteiger charge is 2.18. The number of benzene rings is 1. The van der Waals surface area contributed by atoms with E-state index < -0.39 is 0 Å². The molecule has 0 radical (unpaired) electrons. The van der Waals surface area contributed by atoms with Crippen LogP contribution < -0.4 is 10.1 Å². The number of fused-ring (bicyclic) bond motifs is 1. The molecule has 2 rings (SSSR count). The molecule has 2 nitrogen and oxygen atoms in total. The molecule has 0 fully saturated rings. The maximum atomic E-state index is 5.64. The van der Waals surface area contributed by atoms with Gasteiger partial charge in [-0.15, -0.1) is 12.3 Å². The van der Waals surface area contributed by atoms with Gasteiger partial charge < -0.3 is 10.1 Å². The minimum atomic E-state index is 0.468. The second kappa shape index (κ2) is 5.75. The lowest BCUT2D eigenvalue weighted by atomic mass is 9.87. The van der Waals surface area contributed by atoms with Crippen LogP contribution in [-0.2, 0) is 6.42 Å². The van der Waals surface area contributed by atoms with Crippen LogP contribution in [0.5, 0.6) is 5.75 Å². The van der Waals surface area contributed by atoms with Crippen LogP contribution in [0.25, 0.3) is 0 Å². The predicted octanol–water partition coefficient (Wildman–Crippen LogP) is 2.69. The third kappa shape index (κ3) is 2.81. The SMILES string of the molecule is C#CCCOc1ccc2c(c1)C(NC)CCC2.